The smallest absolute Gasteiger partial charge is 0.135 e. The monoisotopic (exact) mass is 265 g/mol. The third-order valence-electron chi connectivity index (χ3n) is 3.21. The van der Waals surface area contributed by atoms with Crippen molar-refractivity contribution in [3.8, 4) is 22.6 Å². The summed E-state index contributed by atoms with van der Waals surface area (Å²) < 4.78 is 6.89. The van der Waals surface area contributed by atoms with E-state index in [1.807, 2.05) is 54.6 Å². The Bertz CT molecular complexity index is 702. The van der Waals surface area contributed by atoms with Crippen LogP contribution >= 0.6 is 0 Å². The second-order valence-corrected chi connectivity index (χ2v) is 4.42. The molecule has 0 spiro atoms. The molecule has 0 radical (unpaired) electrons. The predicted octanol–water partition coefficient (Wildman–Crippen LogP) is 3.13. The highest BCUT2D eigenvalue weighted by Crippen LogP contribution is 2.28. The Morgan fingerprint density at radius 1 is 1.00 bits per heavy atom. The Balaban J connectivity index is 2.01. The summed E-state index contributed by atoms with van der Waals surface area (Å²) in [5, 5.41) is 4.37. The van der Waals surface area contributed by atoms with Gasteiger partial charge < -0.3 is 10.5 Å². The van der Waals surface area contributed by atoms with Gasteiger partial charge in [0.05, 0.1) is 19.0 Å². The van der Waals surface area contributed by atoms with Gasteiger partial charge in [-0.1, -0.05) is 30.3 Å². The number of methoxy groups -OCH3 is 1. The quantitative estimate of drug-likeness (QED) is 0.791. The molecule has 0 bridgehead atoms. The molecule has 0 aliphatic rings. The molecule has 0 fully saturated rings. The average Bonchev–Trinajstić information content (AvgIpc) is 2.90. The number of hydrogen-bond acceptors (Lipinski definition) is 3. The molecule has 0 amide bonds. The standard InChI is InChI=1S/C16H15N3O/c1-20-14-9-7-12(8-10-14)15-11-18-19(16(15)17)13-5-3-2-4-6-13/h2-11H,17H2,1H3. The van der Waals surface area contributed by atoms with Crippen LogP contribution in [-0.4, -0.2) is 16.9 Å². The number of benzene rings is 2. The molecule has 1 heterocycles. The van der Waals surface area contributed by atoms with E-state index in [0.29, 0.717) is 5.82 Å². The van der Waals surface area contributed by atoms with Gasteiger partial charge in [-0.05, 0) is 29.8 Å². The van der Waals surface area contributed by atoms with Gasteiger partial charge in [-0.3, -0.25) is 0 Å². The molecule has 3 aromatic rings. The Morgan fingerprint density at radius 3 is 2.35 bits per heavy atom. The number of nitrogens with zero attached hydrogens (tertiary/aromatic N) is 2. The van der Waals surface area contributed by atoms with E-state index in [4.69, 9.17) is 10.5 Å². The zero-order valence-corrected chi connectivity index (χ0v) is 11.2. The number of nitrogen functional groups attached to an aromatic ring is 1. The second-order valence-electron chi connectivity index (χ2n) is 4.42. The van der Waals surface area contributed by atoms with Gasteiger partial charge >= 0.3 is 0 Å². The summed E-state index contributed by atoms with van der Waals surface area (Å²) in [6, 6.07) is 17.6. The summed E-state index contributed by atoms with van der Waals surface area (Å²) >= 11 is 0. The fraction of sp³-hybridized carbons (Fsp3) is 0.0625. The molecule has 2 N–H and O–H groups in total. The first-order valence-corrected chi connectivity index (χ1v) is 6.33. The fourth-order valence-electron chi connectivity index (χ4n) is 2.13. The van der Waals surface area contributed by atoms with Crippen LogP contribution in [0.25, 0.3) is 16.8 Å². The second kappa shape index (κ2) is 5.09. The number of rotatable bonds is 3. The topological polar surface area (TPSA) is 53.1 Å². The van der Waals surface area contributed by atoms with Crippen LogP contribution in [0.2, 0.25) is 0 Å². The third kappa shape index (κ3) is 2.12. The fourth-order valence-corrected chi connectivity index (χ4v) is 2.13. The van der Waals surface area contributed by atoms with Crippen molar-refractivity contribution in [2.45, 2.75) is 0 Å². The van der Waals surface area contributed by atoms with Crippen molar-refractivity contribution in [3.63, 3.8) is 0 Å². The van der Waals surface area contributed by atoms with E-state index in [2.05, 4.69) is 5.10 Å². The summed E-state index contributed by atoms with van der Waals surface area (Å²) in [6.45, 7) is 0. The SMILES string of the molecule is COc1ccc(-c2cnn(-c3ccccc3)c2N)cc1. The minimum absolute atomic E-state index is 0.626. The van der Waals surface area contributed by atoms with Crippen molar-refractivity contribution in [1.82, 2.24) is 9.78 Å². The predicted molar refractivity (Wildman–Crippen MR) is 80.0 cm³/mol. The van der Waals surface area contributed by atoms with Gasteiger partial charge in [0.1, 0.15) is 11.6 Å². The third-order valence-corrected chi connectivity index (χ3v) is 3.21. The Morgan fingerprint density at radius 2 is 1.70 bits per heavy atom. The Kier molecular flexibility index (Phi) is 3.13. The maximum absolute atomic E-state index is 6.21. The Hall–Kier alpha value is -2.75. The maximum Gasteiger partial charge on any atom is 0.135 e. The highest BCUT2D eigenvalue weighted by atomic mass is 16.5. The lowest BCUT2D eigenvalue weighted by Crippen LogP contribution is -2.01. The number of nitrogens with two attached hydrogens (primary N) is 1. The molecule has 0 saturated heterocycles. The molecule has 4 nitrogen and oxygen atoms in total. The van der Waals surface area contributed by atoms with E-state index in [-0.39, 0.29) is 0 Å². The molecule has 20 heavy (non-hydrogen) atoms. The zero-order valence-electron chi connectivity index (χ0n) is 11.2. The molecule has 3 rings (SSSR count). The normalized spacial score (nSPS) is 10.4. The largest absolute Gasteiger partial charge is 0.497 e. The zero-order chi connectivity index (χ0) is 13.9. The van der Waals surface area contributed by atoms with Gasteiger partial charge in [0, 0.05) is 5.56 Å². The first-order valence-electron chi connectivity index (χ1n) is 6.33. The van der Waals surface area contributed by atoms with Crippen LogP contribution in [0.3, 0.4) is 0 Å². The summed E-state index contributed by atoms with van der Waals surface area (Å²) in [6.07, 6.45) is 1.78. The first-order chi connectivity index (χ1) is 9.79. The van der Waals surface area contributed by atoms with Crippen LogP contribution in [0.1, 0.15) is 0 Å². The van der Waals surface area contributed by atoms with Crippen LogP contribution in [0.5, 0.6) is 5.75 Å². The van der Waals surface area contributed by atoms with Crippen LogP contribution in [0, 0.1) is 0 Å². The number of aromatic nitrogens is 2. The van der Waals surface area contributed by atoms with E-state index in [1.54, 1.807) is 18.0 Å². The number of para-hydroxylation sites is 1. The van der Waals surface area contributed by atoms with Gasteiger partial charge in [0.2, 0.25) is 0 Å². The van der Waals surface area contributed by atoms with E-state index in [1.165, 1.54) is 0 Å². The molecule has 0 saturated carbocycles. The molecule has 4 heteroatoms. The van der Waals surface area contributed by atoms with Crippen molar-refractivity contribution >= 4 is 5.82 Å². The summed E-state index contributed by atoms with van der Waals surface area (Å²) in [4.78, 5) is 0. The van der Waals surface area contributed by atoms with Crippen molar-refractivity contribution in [2.24, 2.45) is 0 Å². The van der Waals surface area contributed by atoms with Gasteiger partial charge in [0.15, 0.2) is 0 Å². The first kappa shape index (κ1) is 12.3. The minimum Gasteiger partial charge on any atom is -0.497 e. The van der Waals surface area contributed by atoms with Crippen molar-refractivity contribution in [3.05, 3.63) is 60.8 Å². The van der Waals surface area contributed by atoms with Crippen LogP contribution < -0.4 is 10.5 Å². The van der Waals surface area contributed by atoms with E-state index in [0.717, 1.165) is 22.6 Å². The van der Waals surface area contributed by atoms with Crippen LogP contribution in [0.15, 0.2) is 60.8 Å². The molecular formula is C16H15N3O. The lowest BCUT2D eigenvalue weighted by molar-refractivity contribution is 0.415. The summed E-state index contributed by atoms with van der Waals surface area (Å²) in [5.74, 6) is 1.45. The molecule has 1 aromatic heterocycles. The summed E-state index contributed by atoms with van der Waals surface area (Å²) in [5.41, 5.74) is 9.09. The number of ether oxygens (including phenoxy) is 1. The minimum atomic E-state index is 0.626. The molecule has 0 unspecified atom stereocenters. The molecular weight excluding hydrogens is 250 g/mol. The highest BCUT2D eigenvalue weighted by Gasteiger charge is 2.10. The van der Waals surface area contributed by atoms with Gasteiger partial charge in [0.25, 0.3) is 0 Å². The van der Waals surface area contributed by atoms with Gasteiger partial charge in [-0.25, -0.2) is 4.68 Å². The molecule has 0 aliphatic heterocycles. The van der Waals surface area contributed by atoms with Crippen molar-refractivity contribution < 1.29 is 4.74 Å². The summed E-state index contributed by atoms with van der Waals surface area (Å²) in [7, 11) is 1.65. The number of hydrogen-bond donors (Lipinski definition) is 1. The number of anilines is 1. The van der Waals surface area contributed by atoms with E-state index >= 15 is 0 Å². The van der Waals surface area contributed by atoms with Crippen molar-refractivity contribution in [1.29, 1.82) is 0 Å². The lowest BCUT2D eigenvalue weighted by Gasteiger charge is -2.05. The van der Waals surface area contributed by atoms with Crippen LogP contribution in [-0.2, 0) is 0 Å². The van der Waals surface area contributed by atoms with Crippen molar-refractivity contribution in [2.75, 3.05) is 12.8 Å². The molecule has 100 valence electrons. The van der Waals surface area contributed by atoms with E-state index in [9.17, 15) is 0 Å². The molecule has 2 aromatic carbocycles. The highest BCUT2D eigenvalue weighted by molar-refractivity contribution is 5.75. The van der Waals surface area contributed by atoms with Gasteiger partial charge in [-0.2, -0.15) is 5.10 Å². The molecule has 0 atom stereocenters. The van der Waals surface area contributed by atoms with E-state index < -0.39 is 0 Å². The maximum atomic E-state index is 6.21. The Labute approximate surface area is 117 Å². The lowest BCUT2D eigenvalue weighted by atomic mass is 10.1. The van der Waals surface area contributed by atoms with Gasteiger partial charge in [-0.15, -0.1) is 0 Å². The van der Waals surface area contributed by atoms with Crippen LogP contribution in [0.4, 0.5) is 5.82 Å². The molecule has 0 aliphatic carbocycles. The average molecular weight is 265 g/mol.